The molecule has 1 N–H and O–H groups in total. The molecule has 0 spiro atoms. The summed E-state index contributed by atoms with van der Waals surface area (Å²) in [4.78, 5) is 0. The second-order valence-corrected chi connectivity index (χ2v) is 2.42. The van der Waals surface area contributed by atoms with E-state index in [1.807, 2.05) is 6.92 Å². The lowest BCUT2D eigenvalue weighted by Gasteiger charge is -2.03. The summed E-state index contributed by atoms with van der Waals surface area (Å²) < 4.78 is 0. The molecule has 0 aliphatic heterocycles. The van der Waals surface area contributed by atoms with E-state index in [9.17, 15) is 0 Å². The van der Waals surface area contributed by atoms with Crippen LogP contribution in [0.5, 0.6) is 0 Å². The molecule has 11 heavy (non-hydrogen) atoms. The van der Waals surface area contributed by atoms with E-state index in [-0.39, 0.29) is 6.04 Å². The van der Waals surface area contributed by atoms with Crippen LogP contribution >= 0.6 is 0 Å². The third-order valence-electron chi connectivity index (χ3n) is 1.36. The Labute approximate surface area is 67.6 Å². The maximum absolute atomic E-state index is 8.37. The molecule has 0 radical (unpaired) electrons. The highest BCUT2D eigenvalue weighted by Crippen LogP contribution is 1.91. The molecule has 0 rings (SSSR count). The van der Waals surface area contributed by atoms with Crippen LogP contribution in [0, 0.1) is 22.7 Å². The molecular formula is C8H13N3. The fourth-order valence-corrected chi connectivity index (χ4v) is 0.693. The van der Waals surface area contributed by atoms with Crippen molar-refractivity contribution in [2.24, 2.45) is 0 Å². The monoisotopic (exact) mass is 151 g/mol. The van der Waals surface area contributed by atoms with E-state index in [0.717, 1.165) is 19.4 Å². The summed E-state index contributed by atoms with van der Waals surface area (Å²) >= 11 is 0. The maximum atomic E-state index is 8.37. The van der Waals surface area contributed by atoms with E-state index in [1.54, 1.807) is 0 Å². The molecule has 0 aromatic carbocycles. The van der Waals surface area contributed by atoms with Crippen molar-refractivity contribution in [1.82, 2.24) is 5.32 Å². The van der Waals surface area contributed by atoms with E-state index in [0.29, 0.717) is 6.42 Å². The van der Waals surface area contributed by atoms with Crippen molar-refractivity contribution in [1.29, 1.82) is 10.5 Å². The molecule has 0 aromatic rings. The third-order valence-corrected chi connectivity index (χ3v) is 1.36. The van der Waals surface area contributed by atoms with Gasteiger partial charge in [-0.15, -0.1) is 0 Å². The number of nitriles is 2. The molecule has 1 unspecified atom stereocenters. The normalized spacial score (nSPS) is 11.5. The van der Waals surface area contributed by atoms with Crippen LogP contribution in [0.2, 0.25) is 0 Å². The third kappa shape index (κ3) is 6.83. The van der Waals surface area contributed by atoms with Crippen LogP contribution in [0.25, 0.3) is 0 Å². The molecule has 0 bridgehead atoms. The van der Waals surface area contributed by atoms with Crippen LogP contribution in [-0.2, 0) is 0 Å². The first-order valence-electron chi connectivity index (χ1n) is 3.81. The SMILES string of the molecule is CC(C#N)NCCCCC#N. The van der Waals surface area contributed by atoms with Gasteiger partial charge in [-0.25, -0.2) is 0 Å². The smallest absolute Gasteiger partial charge is 0.0924 e. The van der Waals surface area contributed by atoms with Crippen molar-refractivity contribution in [3.63, 3.8) is 0 Å². The van der Waals surface area contributed by atoms with Gasteiger partial charge in [-0.2, -0.15) is 10.5 Å². The minimum Gasteiger partial charge on any atom is -0.302 e. The number of nitrogens with one attached hydrogen (secondary N) is 1. The summed E-state index contributed by atoms with van der Waals surface area (Å²) in [5, 5.41) is 19.6. The molecule has 60 valence electrons. The van der Waals surface area contributed by atoms with E-state index in [4.69, 9.17) is 10.5 Å². The van der Waals surface area contributed by atoms with Gasteiger partial charge in [0.2, 0.25) is 0 Å². The van der Waals surface area contributed by atoms with Crippen LogP contribution in [0.15, 0.2) is 0 Å². The molecule has 0 amide bonds. The Morgan fingerprint density at radius 3 is 2.64 bits per heavy atom. The van der Waals surface area contributed by atoms with Gasteiger partial charge in [0.25, 0.3) is 0 Å². The second-order valence-electron chi connectivity index (χ2n) is 2.42. The lowest BCUT2D eigenvalue weighted by molar-refractivity contribution is 0.598. The molecule has 1 atom stereocenters. The highest BCUT2D eigenvalue weighted by Gasteiger charge is 1.95. The van der Waals surface area contributed by atoms with Gasteiger partial charge in [-0.3, -0.25) is 0 Å². The zero-order valence-electron chi connectivity index (χ0n) is 6.80. The van der Waals surface area contributed by atoms with Gasteiger partial charge in [0.15, 0.2) is 0 Å². The fourth-order valence-electron chi connectivity index (χ4n) is 0.693. The minimum absolute atomic E-state index is 0.0721. The molecule has 0 heterocycles. The highest BCUT2D eigenvalue weighted by molar-refractivity contribution is 4.84. The summed E-state index contributed by atoms with van der Waals surface area (Å²) in [5.74, 6) is 0. The highest BCUT2D eigenvalue weighted by atomic mass is 14.9. The lowest BCUT2D eigenvalue weighted by atomic mass is 10.2. The van der Waals surface area contributed by atoms with Gasteiger partial charge in [0, 0.05) is 6.42 Å². The van der Waals surface area contributed by atoms with Gasteiger partial charge in [-0.05, 0) is 26.3 Å². The molecule has 0 fully saturated rings. The first-order chi connectivity index (χ1) is 5.31. The number of unbranched alkanes of at least 4 members (excludes halogenated alkanes) is 2. The minimum atomic E-state index is -0.0721. The number of hydrogen-bond acceptors (Lipinski definition) is 3. The summed E-state index contributed by atoms with van der Waals surface area (Å²) in [6.45, 7) is 2.65. The van der Waals surface area contributed by atoms with Gasteiger partial charge in [0.05, 0.1) is 18.2 Å². The predicted octanol–water partition coefficient (Wildman–Crippen LogP) is 1.18. The zero-order valence-corrected chi connectivity index (χ0v) is 6.80. The van der Waals surface area contributed by atoms with Crippen LogP contribution in [0.1, 0.15) is 26.2 Å². The molecule has 0 aliphatic rings. The Bertz CT molecular complexity index is 163. The molecule has 0 saturated heterocycles. The van der Waals surface area contributed by atoms with Crippen LogP contribution < -0.4 is 5.32 Å². The van der Waals surface area contributed by atoms with Crippen molar-refractivity contribution in [2.75, 3.05) is 6.54 Å². The zero-order chi connectivity index (χ0) is 8.53. The molecule has 3 heteroatoms. The van der Waals surface area contributed by atoms with Crippen molar-refractivity contribution in [2.45, 2.75) is 32.2 Å². The molecular weight excluding hydrogens is 138 g/mol. The van der Waals surface area contributed by atoms with Crippen molar-refractivity contribution in [3.8, 4) is 12.1 Å². The Balaban J connectivity index is 3.04. The summed E-state index contributed by atoms with van der Waals surface area (Å²) in [6, 6.07) is 4.08. The largest absolute Gasteiger partial charge is 0.302 e. The Morgan fingerprint density at radius 1 is 1.36 bits per heavy atom. The molecule has 0 aromatic heterocycles. The van der Waals surface area contributed by atoms with Gasteiger partial charge in [0.1, 0.15) is 0 Å². The van der Waals surface area contributed by atoms with E-state index >= 15 is 0 Å². The Morgan fingerprint density at radius 2 is 2.09 bits per heavy atom. The standard InChI is InChI=1S/C8H13N3/c1-8(7-10)11-6-4-2-3-5-9/h8,11H,2-4,6H2,1H3. The van der Waals surface area contributed by atoms with E-state index < -0.39 is 0 Å². The topological polar surface area (TPSA) is 59.6 Å². The van der Waals surface area contributed by atoms with Gasteiger partial charge in [-0.1, -0.05) is 0 Å². The van der Waals surface area contributed by atoms with E-state index in [2.05, 4.69) is 17.5 Å². The van der Waals surface area contributed by atoms with E-state index in [1.165, 1.54) is 0 Å². The summed E-state index contributed by atoms with van der Waals surface area (Å²) in [7, 11) is 0. The Hall–Kier alpha value is -1.06. The van der Waals surface area contributed by atoms with Crippen molar-refractivity contribution in [3.05, 3.63) is 0 Å². The first kappa shape index (κ1) is 9.94. The maximum Gasteiger partial charge on any atom is 0.0924 e. The fraction of sp³-hybridized carbons (Fsp3) is 0.750. The van der Waals surface area contributed by atoms with Crippen LogP contribution in [0.3, 0.4) is 0 Å². The molecule has 3 nitrogen and oxygen atoms in total. The predicted molar refractivity (Wildman–Crippen MR) is 42.5 cm³/mol. The summed E-state index contributed by atoms with van der Waals surface area (Å²) in [6.07, 6.45) is 2.50. The lowest BCUT2D eigenvalue weighted by Crippen LogP contribution is -2.25. The van der Waals surface area contributed by atoms with Crippen molar-refractivity contribution >= 4 is 0 Å². The second kappa shape index (κ2) is 7.05. The van der Waals surface area contributed by atoms with Crippen LogP contribution in [-0.4, -0.2) is 12.6 Å². The van der Waals surface area contributed by atoms with Gasteiger partial charge >= 0.3 is 0 Å². The number of hydrogen-bond donors (Lipinski definition) is 1. The van der Waals surface area contributed by atoms with Gasteiger partial charge < -0.3 is 5.32 Å². The Kier molecular flexibility index (Phi) is 6.37. The quantitative estimate of drug-likeness (QED) is 0.600. The number of rotatable bonds is 5. The molecule has 0 saturated carbocycles. The average Bonchev–Trinajstić information content (AvgIpc) is 2.04. The number of nitrogens with zero attached hydrogens (tertiary/aromatic N) is 2. The van der Waals surface area contributed by atoms with Crippen LogP contribution in [0.4, 0.5) is 0 Å². The average molecular weight is 151 g/mol. The first-order valence-corrected chi connectivity index (χ1v) is 3.81. The molecule has 0 aliphatic carbocycles. The summed E-state index contributed by atoms with van der Waals surface area (Å²) in [5.41, 5.74) is 0. The van der Waals surface area contributed by atoms with Crippen molar-refractivity contribution < 1.29 is 0 Å².